The Balaban J connectivity index is 2.12. The van der Waals surface area contributed by atoms with E-state index in [9.17, 15) is 0 Å². The number of halogens is 2. The minimum absolute atomic E-state index is 0.327. The number of rotatable bonds is 3. The summed E-state index contributed by atoms with van der Waals surface area (Å²) in [7, 11) is 0. The molecule has 1 nitrogen and oxygen atoms in total. The Hall–Kier alpha value is 0.430. The van der Waals surface area contributed by atoms with E-state index in [-0.39, 0.29) is 0 Å². The molecule has 0 spiro atoms. The van der Waals surface area contributed by atoms with Crippen molar-refractivity contribution in [1.82, 2.24) is 5.32 Å². The lowest BCUT2D eigenvalue weighted by molar-refractivity contribution is 0.362. The molecule has 0 aromatic carbocycles. The van der Waals surface area contributed by atoms with E-state index in [2.05, 4.69) is 34.2 Å². The summed E-state index contributed by atoms with van der Waals surface area (Å²) in [6.45, 7) is 3.43. The van der Waals surface area contributed by atoms with Crippen LogP contribution < -0.4 is 5.32 Å². The van der Waals surface area contributed by atoms with Crippen LogP contribution in [0.4, 0.5) is 0 Å². The van der Waals surface area contributed by atoms with Gasteiger partial charge in [0.05, 0.1) is 0 Å². The molecule has 1 unspecified atom stereocenters. The molecule has 84 valence electrons. The Morgan fingerprint density at radius 1 is 1.67 bits per heavy atom. The van der Waals surface area contributed by atoms with Gasteiger partial charge >= 0.3 is 0 Å². The summed E-state index contributed by atoms with van der Waals surface area (Å²) >= 11 is 11.2. The van der Waals surface area contributed by atoms with Crippen LogP contribution in [0.1, 0.15) is 31.1 Å². The SMILES string of the molecule is CCC1(Cc2cc(Br)c(Cl)s2)CCCN1. The maximum atomic E-state index is 6.05. The zero-order valence-corrected chi connectivity index (χ0v) is 11.9. The molecule has 2 heterocycles. The number of thiophene rings is 1. The molecular weight excluding hydrogens is 294 g/mol. The lowest BCUT2D eigenvalue weighted by atomic mass is 9.90. The Labute approximate surface area is 108 Å². The van der Waals surface area contributed by atoms with E-state index >= 15 is 0 Å². The fourth-order valence-electron chi connectivity index (χ4n) is 2.26. The van der Waals surface area contributed by atoms with Crippen molar-refractivity contribution in [2.24, 2.45) is 0 Å². The second kappa shape index (κ2) is 4.74. The topological polar surface area (TPSA) is 12.0 Å². The lowest BCUT2D eigenvalue weighted by Gasteiger charge is -2.27. The van der Waals surface area contributed by atoms with Crippen LogP contribution in [-0.4, -0.2) is 12.1 Å². The van der Waals surface area contributed by atoms with Crippen molar-refractivity contribution in [3.8, 4) is 0 Å². The molecule has 0 saturated carbocycles. The molecule has 1 aliphatic rings. The van der Waals surface area contributed by atoms with Gasteiger partial charge < -0.3 is 5.32 Å². The number of hydrogen-bond acceptors (Lipinski definition) is 2. The van der Waals surface area contributed by atoms with E-state index in [0.29, 0.717) is 5.54 Å². The third kappa shape index (κ3) is 2.57. The first-order chi connectivity index (χ1) is 7.15. The van der Waals surface area contributed by atoms with Crippen LogP contribution >= 0.6 is 38.9 Å². The molecule has 2 rings (SSSR count). The minimum atomic E-state index is 0.327. The molecule has 0 radical (unpaired) electrons. The van der Waals surface area contributed by atoms with Crippen molar-refractivity contribution < 1.29 is 0 Å². The molecule has 0 bridgehead atoms. The molecule has 4 heteroatoms. The first-order valence-corrected chi connectivity index (χ1v) is 7.33. The van der Waals surface area contributed by atoms with Gasteiger partial charge in [-0.1, -0.05) is 18.5 Å². The Bertz CT molecular complexity index is 325. The molecule has 1 aromatic rings. The van der Waals surface area contributed by atoms with E-state index in [4.69, 9.17) is 11.6 Å². The molecule has 1 N–H and O–H groups in total. The van der Waals surface area contributed by atoms with Gasteiger partial charge in [-0.05, 0) is 47.8 Å². The molecule has 0 amide bonds. The van der Waals surface area contributed by atoms with Gasteiger partial charge in [0.25, 0.3) is 0 Å². The first kappa shape index (κ1) is 11.9. The third-order valence-electron chi connectivity index (χ3n) is 3.22. The Kier molecular flexibility index (Phi) is 3.76. The number of nitrogens with one attached hydrogen (secondary N) is 1. The normalized spacial score (nSPS) is 26.1. The predicted octanol–water partition coefficient (Wildman–Crippen LogP) is 4.24. The number of hydrogen-bond donors (Lipinski definition) is 1. The monoisotopic (exact) mass is 307 g/mol. The van der Waals surface area contributed by atoms with Crippen LogP contribution in [0.15, 0.2) is 10.5 Å². The Morgan fingerprint density at radius 2 is 2.47 bits per heavy atom. The van der Waals surface area contributed by atoms with E-state index in [1.54, 1.807) is 11.3 Å². The van der Waals surface area contributed by atoms with Crippen molar-refractivity contribution in [2.45, 2.75) is 38.1 Å². The van der Waals surface area contributed by atoms with Crippen LogP contribution in [0, 0.1) is 0 Å². The van der Waals surface area contributed by atoms with Crippen LogP contribution in [0.5, 0.6) is 0 Å². The summed E-state index contributed by atoms with van der Waals surface area (Å²) in [5.41, 5.74) is 0.327. The molecular formula is C11H15BrClNS. The largest absolute Gasteiger partial charge is 0.311 e. The van der Waals surface area contributed by atoms with Gasteiger partial charge in [-0.3, -0.25) is 0 Å². The quantitative estimate of drug-likeness (QED) is 0.880. The van der Waals surface area contributed by atoms with Crippen molar-refractivity contribution in [1.29, 1.82) is 0 Å². The lowest BCUT2D eigenvalue weighted by Crippen LogP contribution is -2.40. The zero-order chi connectivity index (χ0) is 10.9. The molecule has 1 atom stereocenters. The maximum Gasteiger partial charge on any atom is 0.107 e. The fourth-order valence-corrected chi connectivity index (χ4v) is 4.19. The maximum absolute atomic E-state index is 6.05. The zero-order valence-electron chi connectivity index (χ0n) is 8.78. The summed E-state index contributed by atoms with van der Waals surface area (Å²) in [5.74, 6) is 0. The summed E-state index contributed by atoms with van der Waals surface area (Å²) < 4.78 is 1.91. The second-order valence-corrected chi connectivity index (χ2v) is 6.77. The van der Waals surface area contributed by atoms with Crippen molar-refractivity contribution in [2.75, 3.05) is 6.54 Å². The predicted molar refractivity (Wildman–Crippen MR) is 71.0 cm³/mol. The average molecular weight is 309 g/mol. The van der Waals surface area contributed by atoms with Gasteiger partial charge in [0.2, 0.25) is 0 Å². The highest BCUT2D eigenvalue weighted by Crippen LogP contribution is 2.36. The van der Waals surface area contributed by atoms with E-state index in [0.717, 1.165) is 21.8 Å². The smallest absolute Gasteiger partial charge is 0.107 e. The standard InChI is InChI=1S/C11H15BrClNS/c1-2-11(4-3-5-14-11)7-8-6-9(12)10(13)15-8/h6,14H,2-5,7H2,1H3. The summed E-state index contributed by atoms with van der Waals surface area (Å²) in [6.07, 6.45) is 4.89. The highest BCUT2D eigenvalue weighted by molar-refractivity contribution is 9.10. The van der Waals surface area contributed by atoms with E-state index in [1.165, 1.54) is 24.1 Å². The Morgan fingerprint density at radius 3 is 2.93 bits per heavy atom. The van der Waals surface area contributed by atoms with Crippen molar-refractivity contribution in [3.63, 3.8) is 0 Å². The van der Waals surface area contributed by atoms with Crippen molar-refractivity contribution in [3.05, 3.63) is 19.8 Å². The highest BCUT2D eigenvalue weighted by Gasteiger charge is 2.32. The summed E-state index contributed by atoms with van der Waals surface area (Å²) in [5, 5.41) is 3.65. The fraction of sp³-hybridized carbons (Fsp3) is 0.636. The van der Waals surface area contributed by atoms with Gasteiger partial charge in [-0.15, -0.1) is 11.3 Å². The molecule has 0 aliphatic carbocycles. The van der Waals surface area contributed by atoms with Gasteiger partial charge in [0.15, 0.2) is 0 Å². The van der Waals surface area contributed by atoms with Crippen LogP contribution in [0.3, 0.4) is 0 Å². The van der Waals surface area contributed by atoms with E-state index < -0.39 is 0 Å². The van der Waals surface area contributed by atoms with Gasteiger partial charge in [0.1, 0.15) is 4.34 Å². The molecule has 1 saturated heterocycles. The highest BCUT2D eigenvalue weighted by atomic mass is 79.9. The van der Waals surface area contributed by atoms with E-state index in [1.807, 2.05) is 0 Å². The molecule has 1 aromatic heterocycles. The van der Waals surface area contributed by atoms with Crippen LogP contribution in [0.25, 0.3) is 0 Å². The van der Waals surface area contributed by atoms with Crippen LogP contribution in [0.2, 0.25) is 4.34 Å². The van der Waals surface area contributed by atoms with Crippen LogP contribution in [-0.2, 0) is 6.42 Å². The van der Waals surface area contributed by atoms with Crippen molar-refractivity contribution >= 4 is 38.9 Å². The van der Waals surface area contributed by atoms with Gasteiger partial charge in [-0.25, -0.2) is 0 Å². The van der Waals surface area contributed by atoms with Gasteiger partial charge in [-0.2, -0.15) is 0 Å². The van der Waals surface area contributed by atoms with Gasteiger partial charge in [0, 0.05) is 21.3 Å². The third-order valence-corrected chi connectivity index (χ3v) is 5.69. The second-order valence-electron chi connectivity index (χ2n) is 4.18. The molecule has 15 heavy (non-hydrogen) atoms. The summed E-state index contributed by atoms with van der Waals surface area (Å²) in [4.78, 5) is 1.38. The first-order valence-electron chi connectivity index (χ1n) is 5.34. The molecule has 1 aliphatic heterocycles. The summed E-state index contributed by atoms with van der Waals surface area (Å²) in [6, 6.07) is 2.16. The molecule has 1 fully saturated rings. The minimum Gasteiger partial charge on any atom is -0.311 e. The average Bonchev–Trinajstić information content (AvgIpc) is 2.77.